The second-order valence-electron chi connectivity index (χ2n) is 7.22. The van der Waals surface area contributed by atoms with Crippen LogP contribution in [0.15, 0.2) is 42.5 Å². The van der Waals surface area contributed by atoms with Crippen molar-refractivity contribution < 1.29 is 9.66 Å². The molecule has 0 unspecified atom stereocenters. The Hall–Kier alpha value is -2.95. The molecule has 28 heavy (non-hydrogen) atoms. The molecule has 1 fully saturated rings. The lowest BCUT2D eigenvalue weighted by Crippen LogP contribution is -2.44. The molecule has 7 nitrogen and oxygen atoms in total. The average Bonchev–Trinajstić information content (AvgIpc) is 2.66. The monoisotopic (exact) mass is 380 g/mol. The van der Waals surface area contributed by atoms with Gasteiger partial charge in [-0.3, -0.25) is 15.0 Å². The average molecular weight is 380 g/mol. The SMILES string of the molecule is C[C@@H]1CN(Cc2ccc(CNc3ccc([N+](=O)[O-])cc3C#N)cc2)C[C@@H](C)O1. The van der Waals surface area contributed by atoms with Crippen LogP contribution < -0.4 is 5.32 Å². The first kappa shape index (κ1) is 19.8. The molecule has 0 aromatic heterocycles. The molecule has 2 aromatic carbocycles. The molecular weight excluding hydrogens is 356 g/mol. The minimum absolute atomic E-state index is 0.0850. The number of non-ortho nitro benzene ring substituents is 1. The molecule has 1 saturated heterocycles. The van der Waals surface area contributed by atoms with Crippen molar-refractivity contribution >= 4 is 11.4 Å². The van der Waals surface area contributed by atoms with Crippen molar-refractivity contribution in [3.8, 4) is 6.07 Å². The highest BCUT2D eigenvalue weighted by Crippen LogP contribution is 2.22. The van der Waals surface area contributed by atoms with Crippen LogP contribution in [0.1, 0.15) is 30.5 Å². The van der Waals surface area contributed by atoms with Gasteiger partial charge in [0.15, 0.2) is 0 Å². The molecule has 0 aliphatic carbocycles. The maximum Gasteiger partial charge on any atom is 0.270 e. The second kappa shape index (κ2) is 8.83. The molecule has 0 spiro atoms. The molecule has 0 amide bonds. The van der Waals surface area contributed by atoms with Crippen molar-refractivity contribution in [2.24, 2.45) is 0 Å². The van der Waals surface area contributed by atoms with E-state index in [2.05, 4.69) is 48.3 Å². The van der Waals surface area contributed by atoms with E-state index in [1.165, 1.54) is 17.7 Å². The van der Waals surface area contributed by atoms with E-state index in [0.29, 0.717) is 12.2 Å². The normalized spacial score (nSPS) is 19.8. The first-order valence-corrected chi connectivity index (χ1v) is 9.32. The fourth-order valence-corrected chi connectivity index (χ4v) is 3.52. The van der Waals surface area contributed by atoms with Gasteiger partial charge in [0.05, 0.1) is 28.4 Å². The van der Waals surface area contributed by atoms with Crippen LogP contribution in [0.5, 0.6) is 0 Å². The van der Waals surface area contributed by atoms with E-state index in [9.17, 15) is 15.4 Å². The summed E-state index contributed by atoms with van der Waals surface area (Å²) in [6.45, 7) is 7.51. The minimum Gasteiger partial charge on any atom is -0.380 e. The zero-order valence-electron chi connectivity index (χ0n) is 16.1. The van der Waals surface area contributed by atoms with E-state index in [-0.39, 0.29) is 23.5 Å². The van der Waals surface area contributed by atoms with E-state index < -0.39 is 4.92 Å². The first-order valence-electron chi connectivity index (χ1n) is 9.32. The summed E-state index contributed by atoms with van der Waals surface area (Å²) in [4.78, 5) is 12.7. The fourth-order valence-electron chi connectivity index (χ4n) is 3.52. The van der Waals surface area contributed by atoms with Crippen LogP contribution in [0.2, 0.25) is 0 Å². The highest BCUT2D eigenvalue weighted by molar-refractivity contribution is 5.61. The molecule has 7 heteroatoms. The summed E-state index contributed by atoms with van der Waals surface area (Å²) >= 11 is 0. The van der Waals surface area contributed by atoms with Crippen molar-refractivity contribution in [3.63, 3.8) is 0 Å². The summed E-state index contributed by atoms with van der Waals surface area (Å²) in [5.41, 5.74) is 3.10. The van der Waals surface area contributed by atoms with Crippen molar-refractivity contribution in [2.45, 2.75) is 39.1 Å². The Balaban J connectivity index is 1.59. The predicted octanol–water partition coefficient (Wildman–Crippen LogP) is 3.69. The molecule has 146 valence electrons. The molecule has 0 saturated carbocycles. The van der Waals surface area contributed by atoms with E-state index in [4.69, 9.17) is 4.74 Å². The number of nitro groups is 1. The minimum atomic E-state index is -0.501. The van der Waals surface area contributed by atoms with Crippen LogP contribution in [0.4, 0.5) is 11.4 Å². The van der Waals surface area contributed by atoms with Gasteiger partial charge in [0.2, 0.25) is 0 Å². The van der Waals surface area contributed by atoms with Gasteiger partial charge >= 0.3 is 0 Å². The number of rotatable bonds is 6. The summed E-state index contributed by atoms with van der Waals surface area (Å²) in [6, 6.07) is 14.6. The lowest BCUT2D eigenvalue weighted by atomic mass is 10.1. The van der Waals surface area contributed by atoms with Gasteiger partial charge in [-0.25, -0.2) is 0 Å². The number of nitro benzene ring substituents is 1. The van der Waals surface area contributed by atoms with E-state index in [1.54, 1.807) is 6.07 Å². The summed E-state index contributed by atoms with van der Waals surface area (Å²) in [5.74, 6) is 0. The van der Waals surface area contributed by atoms with Gasteiger partial charge in [0.1, 0.15) is 6.07 Å². The van der Waals surface area contributed by atoms with Crippen molar-refractivity contribution in [1.82, 2.24) is 4.90 Å². The van der Waals surface area contributed by atoms with Gasteiger partial charge < -0.3 is 10.1 Å². The second-order valence-corrected chi connectivity index (χ2v) is 7.22. The summed E-state index contributed by atoms with van der Waals surface area (Å²) in [5, 5.41) is 23.2. The lowest BCUT2D eigenvalue weighted by molar-refractivity contribution is -0.384. The standard InChI is InChI=1S/C21H24N4O3/c1-15-12-24(13-16(2)28-15)14-18-5-3-17(4-6-18)11-23-21-8-7-20(25(26)27)9-19(21)10-22/h3-9,15-16,23H,11-14H2,1-2H3/t15-,16-/m1/s1. The molecule has 1 aliphatic heterocycles. The Morgan fingerprint density at radius 2 is 1.82 bits per heavy atom. The van der Waals surface area contributed by atoms with Gasteiger partial charge in [-0.1, -0.05) is 24.3 Å². The number of ether oxygens (including phenoxy) is 1. The molecule has 2 atom stereocenters. The van der Waals surface area contributed by atoms with E-state index in [0.717, 1.165) is 25.2 Å². The van der Waals surface area contributed by atoms with Gasteiger partial charge in [0, 0.05) is 38.3 Å². The summed E-state index contributed by atoms with van der Waals surface area (Å²) in [6.07, 6.45) is 0.506. The number of hydrogen-bond acceptors (Lipinski definition) is 6. The van der Waals surface area contributed by atoms with Crippen LogP contribution in [0, 0.1) is 21.4 Å². The highest BCUT2D eigenvalue weighted by atomic mass is 16.6. The number of anilines is 1. The van der Waals surface area contributed by atoms with Crippen LogP contribution in [-0.2, 0) is 17.8 Å². The van der Waals surface area contributed by atoms with Crippen molar-refractivity contribution in [2.75, 3.05) is 18.4 Å². The Morgan fingerprint density at radius 3 is 2.43 bits per heavy atom. The topological polar surface area (TPSA) is 91.4 Å². The third kappa shape index (κ3) is 5.06. The maximum atomic E-state index is 10.8. The molecule has 1 heterocycles. The van der Waals surface area contributed by atoms with Gasteiger partial charge in [-0.15, -0.1) is 0 Å². The molecule has 3 rings (SSSR count). The van der Waals surface area contributed by atoms with Crippen LogP contribution in [0.3, 0.4) is 0 Å². The Labute approximate surface area is 164 Å². The zero-order chi connectivity index (χ0) is 20.1. The van der Waals surface area contributed by atoms with Gasteiger partial charge in [0.25, 0.3) is 5.69 Å². The smallest absolute Gasteiger partial charge is 0.270 e. The van der Waals surface area contributed by atoms with Crippen LogP contribution in [0.25, 0.3) is 0 Å². The quantitative estimate of drug-likeness (QED) is 0.607. The number of morpholine rings is 1. The van der Waals surface area contributed by atoms with Crippen LogP contribution in [-0.4, -0.2) is 35.1 Å². The summed E-state index contributed by atoms with van der Waals surface area (Å²) < 4.78 is 5.78. The lowest BCUT2D eigenvalue weighted by Gasteiger charge is -2.35. The predicted molar refractivity (Wildman–Crippen MR) is 107 cm³/mol. The Kier molecular flexibility index (Phi) is 6.24. The molecule has 0 bridgehead atoms. The van der Waals surface area contributed by atoms with E-state index in [1.807, 2.05) is 6.07 Å². The fraction of sp³-hybridized carbons (Fsp3) is 0.381. The van der Waals surface area contributed by atoms with Gasteiger partial charge in [-0.2, -0.15) is 5.26 Å². The maximum absolute atomic E-state index is 10.8. The molecule has 1 aliphatic rings. The molecule has 2 aromatic rings. The van der Waals surface area contributed by atoms with Crippen molar-refractivity contribution in [3.05, 3.63) is 69.3 Å². The van der Waals surface area contributed by atoms with E-state index >= 15 is 0 Å². The van der Waals surface area contributed by atoms with Gasteiger partial charge in [-0.05, 0) is 31.0 Å². The Bertz CT molecular complexity index is 866. The first-order chi connectivity index (χ1) is 13.4. The summed E-state index contributed by atoms with van der Waals surface area (Å²) in [7, 11) is 0. The Morgan fingerprint density at radius 1 is 1.18 bits per heavy atom. The number of benzene rings is 2. The number of hydrogen-bond donors (Lipinski definition) is 1. The third-order valence-electron chi connectivity index (χ3n) is 4.74. The highest BCUT2D eigenvalue weighted by Gasteiger charge is 2.21. The van der Waals surface area contributed by atoms with Crippen molar-refractivity contribution in [1.29, 1.82) is 5.26 Å². The number of nitrogens with one attached hydrogen (secondary N) is 1. The van der Waals surface area contributed by atoms with Crippen LogP contribution >= 0.6 is 0 Å². The molecule has 1 N–H and O–H groups in total. The number of nitrogens with zero attached hydrogens (tertiary/aromatic N) is 3. The largest absolute Gasteiger partial charge is 0.380 e. The zero-order valence-corrected chi connectivity index (χ0v) is 16.1. The number of nitriles is 1. The molecular formula is C21H24N4O3. The molecule has 0 radical (unpaired) electrons. The third-order valence-corrected chi connectivity index (χ3v) is 4.74.